The second-order valence-corrected chi connectivity index (χ2v) is 4.85. The summed E-state index contributed by atoms with van der Waals surface area (Å²) in [4.78, 5) is 0. The zero-order chi connectivity index (χ0) is 13.0. The molecular formula is C15H14Cl2O. The Hall–Kier alpha value is -1.18. The Kier molecular flexibility index (Phi) is 4.51. The summed E-state index contributed by atoms with van der Waals surface area (Å²) in [7, 11) is 0. The van der Waals surface area contributed by atoms with Gasteiger partial charge in [0.2, 0.25) is 0 Å². The molecule has 0 aromatic heterocycles. The maximum Gasteiger partial charge on any atom is 0.138 e. The lowest BCUT2D eigenvalue weighted by molar-refractivity contribution is 0.306. The number of hydrogen-bond donors (Lipinski definition) is 0. The van der Waals surface area contributed by atoms with Gasteiger partial charge in [-0.1, -0.05) is 47.5 Å². The standard InChI is InChI=1S/C15H14Cl2O/c1-11-3-2-4-13(7-11)10-18-15-6-5-12(9-16)8-14(15)17/h2-8H,9-10H2,1H3. The van der Waals surface area contributed by atoms with Crippen molar-refractivity contribution >= 4 is 23.2 Å². The molecule has 0 spiro atoms. The molecule has 0 N–H and O–H groups in total. The van der Waals surface area contributed by atoms with E-state index in [9.17, 15) is 0 Å². The average molecular weight is 281 g/mol. The predicted molar refractivity (Wildman–Crippen MR) is 76.5 cm³/mol. The summed E-state index contributed by atoms with van der Waals surface area (Å²) in [6, 6.07) is 13.8. The summed E-state index contributed by atoms with van der Waals surface area (Å²) in [5.74, 6) is 1.14. The molecule has 0 aliphatic heterocycles. The van der Waals surface area contributed by atoms with Gasteiger partial charge in [-0.2, -0.15) is 0 Å². The number of aryl methyl sites for hydroxylation is 1. The first-order chi connectivity index (χ1) is 8.69. The Morgan fingerprint density at radius 2 is 1.89 bits per heavy atom. The molecule has 94 valence electrons. The van der Waals surface area contributed by atoms with E-state index in [0.29, 0.717) is 23.3 Å². The lowest BCUT2D eigenvalue weighted by Gasteiger charge is -2.09. The van der Waals surface area contributed by atoms with Crippen LogP contribution in [0.1, 0.15) is 16.7 Å². The Morgan fingerprint density at radius 3 is 2.56 bits per heavy atom. The van der Waals surface area contributed by atoms with Gasteiger partial charge in [-0.25, -0.2) is 0 Å². The van der Waals surface area contributed by atoms with Gasteiger partial charge in [0.1, 0.15) is 12.4 Å². The van der Waals surface area contributed by atoms with Crippen molar-refractivity contribution in [2.45, 2.75) is 19.4 Å². The number of benzene rings is 2. The smallest absolute Gasteiger partial charge is 0.138 e. The molecular weight excluding hydrogens is 267 g/mol. The first-order valence-corrected chi connectivity index (χ1v) is 6.63. The first-order valence-electron chi connectivity index (χ1n) is 5.72. The fraction of sp³-hybridized carbons (Fsp3) is 0.200. The van der Waals surface area contributed by atoms with Crippen LogP contribution in [-0.2, 0) is 12.5 Å². The van der Waals surface area contributed by atoms with Crippen LogP contribution in [0.3, 0.4) is 0 Å². The van der Waals surface area contributed by atoms with E-state index in [1.807, 2.05) is 30.3 Å². The second kappa shape index (κ2) is 6.12. The number of halogens is 2. The molecule has 2 aromatic rings. The number of ether oxygens (including phenoxy) is 1. The van der Waals surface area contributed by atoms with E-state index < -0.39 is 0 Å². The zero-order valence-corrected chi connectivity index (χ0v) is 11.6. The van der Waals surface area contributed by atoms with Gasteiger partial charge in [-0.3, -0.25) is 0 Å². The third-order valence-electron chi connectivity index (χ3n) is 2.63. The fourth-order valence-electron chi connectivity index (χ4n) is 1.71. The Bertz CT molecular complexity index is 538. The van der Waals surface area contributed by atoms with Crippen LogP contribution in [0.5, 0.6) is 5.75 Å². The highest BCUT2D eigenvalue weighted by Gasteiger charge is 2.03. The molecule has 18 heavy (non-hydrogen) atoms. The van der Waals surface area contributed by atoms with Crippen molar-refractivity contribution in [2.75, 3.05) is 0 Å². The minimum Gasteiger partial charge on any atom is -0.487 e. The predicted octanol–water partition coefficient (Wildman–Crippen LogP) is 4.97. The summed E-state index contributed by atoms with van der Waals surface area (Å²) < 4.78 is 5.70. The molecule has 0 heterocycles. The summed E-state index contributed by atoms with van der Waals surface area (Å²) in [5, 5.41) is 0.598. The molecule has 0 aliphatic rings. The van der Waals surface area contributed by atoms with Gasteiger partial charge in [0.05, 0.1) is 5.02 Å². The Labute approximate surface area is 117 Å². The third-order valence-corrected chi connectivity index (χ3v) is 3.23. The number of rotatable bonds is 4. The largest absolute Gasteiger partial charge is 0.487 e. The van der Waals surface area contributed by atoms with Crippen LogP contribution in [0, 0.1) is 6.92 Å². The van der Waals surface area contributed by atoms with E-state index in [4.69, 9.17) is 27.9 Å². The van der Waals surface area contributed by atoms with Gasteiger partial charge in [0.15, 0.2) is 0 Å². The molecule has 0 unspecified atom stereocenters. The minimum atomic E-state index is 0.456. The average Bonchev–Trinajstić information content (AvgIpc) is 2.37. The summed E-state index contributed by atoms with van der Waals surface area (Å²) in [6.07, 6.45) is 0. The number of hydrogen-bond acceptors (Lipinski definition) is 1. The summed E-state index contributed by atoms with van der Waals surface area (Å²) in [5.41, 5.74) is 3.34. The van der Waals surface area contributed by atoms with Gasteiger partial charge in [-0.05, 0) is 30.2 Å². The topological polar surface area (TPSA) is 9.23 Å². The van der Waals surface area contributed by atoms with E-state index in [2.05, 4.69) is 19.1 Å². The highest BCUT2D eigenvalue weighted by Crippen LogP contribution is 2.26. The quantitative estimate of drug-likeness (QED) is 0.719. The van der Waals surface area contributed by atoms with Crippen molar-refractivity contribution in [1.82, 2.24) is 0 Å². The lowest BCUT2D eigenvalue weighted by Crippen LogP contribution is -1.96. The van der Waals surface area contributed by atoms with Crippen LogP contribution in [0.4, 0.5) is 0 Å². The minimum absolute atomic E-state index is 0.456. The van der Waals surface area contributed by atoms with Crippen LogP contribution in [-0.4, -0.2) is 0 Å². The highest BCUT2D eigenvalue weighted by atomic mass is 35.5. The van der Waals surface area contributed by atoms with E-state index in [1.54, 1.807) is 0 Å². The normalized spacial score (nSPS) is 10.4. The Balaban J connectivity index is 2.06. The molecule has 0 aliphatic carbocycles. The van der Waals surface area contributed by atoms with Gasteiger partial charge >= 0.3 is 0 Å². The van der Waals surface area contributed by atoms with Gasteiger partial charge < -0.3 is 4.74 Å². The summed E-state index contributed by atoms with van der Waals surface area (Å²) >= 11 is 11.9. The SMILES string of the molecule is Cc1cccc(COc2ccc(CCl)cc2Cl)c1. The molecule has 2 aromatic carbocycles. The molecule has 3 heteroatoms. The van der Waals surface area contributed by atoms with Crippen molar-refractivity contribution in [3.8, 4) is 5.75 Å². The van der Waals surface area contributed by atoms with Crippen LogP contribution in [0.2, 0.25) is 5.02 Å². The van der Waals surface area contributed by atoms with Gasteiger partial charge in [0, 0.05) is 5.88 Å². The van der Waals surface area contributed by atoms with Crippen LogP contribution in [0.25, 0.3) is 0 Å². The zero-order valence-electron chi connectivity index (χ0n) is 10.1. The molecule has 0 radical (unpaired) electrons. The number of alkyl halides is 1. The van der Waals surface area contributed by atoms with E-state index in [1.165, 1.54) is 5.56 Å². The van der Waals surface area contributed by atoms with Gasteiger partial charge in [0.25, 0.3) is 0 Å². The molecule has 0 atom stereocenters. The van der Waals surface area contributed by atoms with Gasteiger partial charge in [-0.15, -0.1) is 11.6 Å². The highest BCUT2D eigenvalue weighted by molar-refractivity contribution is 6.32. The maximum atomic E-state index is 6.12. The molecule has 0 fully saturated rings. The van der Waals surface area contributed by atoms with Crippen molar-refractivity contribution in [2.24, 2.45) is 0 Å². The molecule has 0 amide bonds. The third kappa shape index (κ3) is 3.41. The molecule has 0 saturated heterocycles. The molecule has 0 bridgehead atoms. The van der Waals surface area contributed by atoms with Crippen molar-refractivity contribution in [3.63, 3.8) is 0 Å². The maximum absolute atomic E-state index is 6.12. The molecule has 1 nitrogen and oxygen atoms in total. The van der Waals surface area contributed by atoms with Crippen molar-refractivity contribution in [3.05, 3.63) is 64.2 Å². The van der Waals surface area contributed by atoms with Crippen LogP contribution >= 0.6 is 23.2 Å². The Morgan fingerprint density at radius 1 is 1.06 bits per heavy atom. The monoisotopic (exact) mass is 280 g/mol. The summed E-state index contributed by atoms with van der Waals surface area (Å²) in [6.45, 7) is 2.58. The lowest BCUT2D eigenvalue weighted by atomic mass is 10.1. The molecule has 2 rings (SSSR count). The second-order valence-electron chi connectivity index (χ2n) is 4.18. The van der Waals surface area contributed by atoms with Crippen LogP contribution < -0.4 is 4.74 Å². The van der Waals surface area contributed by atoms with Crippen molar-refractivity contribution in [1.29, 1.82) is 0 Å². The van der Waals surface area contributed by atoms with Crippen LogP contribution in [0.15, 0.2) is 42.5 Å². The van der Waals surface area contributed by atoms with E-state index in [0.717, 1.165) is 11.1 Å². The van der Waals surface area contributed by atoms with E-state index in [-0.39, 0.29) is 0 Å². The first kappa shape index (κ1) is 13.3. The molecule has 0 saturated carbocycles. The van der Waals surface area contributed by atoms with E-state index >= 15 is 0 Å². The van der Waals surface area contributed by atoms with Crippen molar-refractivity contribution < 1.29 is 4.74 Å². The fourth-order valence-corrected chi connectivity index (χ4v) is 2.13.